The van der Waals surface area contributed by atoms with Gasteiger partial charge in [-0.15, -0.1) is 35.3 Å². The number of aryl methyl sites for hydroxylation is 3. The van der Waals surface area contributed by atoms with Gasteiger partial charge in [-0.05, 0) is 59.5 Å². The normalized spacial score (nSPS) is 15.8. The molecule has 1 fully saturated rings. The number of guanidine groups is 1. The third kappa shape index (κ3) is 7.81. The van der Waals surface area contributed by atoms with Crippen LogP contribution in [-0.4, -0.2) is 53.6 Å². The Morgan fingerprint density at radius 3 is 2.63 bits per heavy atom. The number of halogens is 1. The highest BCUT2D eigenvalue weighted by Crippen LogP contribution is 2.20. The summed E-state index contributed by atoms with van der Waals surface area (Å²) in [6, 6.07) is 0. The summed E-state index contributed by atoms with van der Waals surface area (Å²) in [7, 11) is 0. The molecule has 2 aromatic rings. The molecule has 2 N–H and O–H groups in total. The minimum Gasteiger partial charge on any atom is -0.444 e. The molecular weight excluding hydrogens is 511 g/mol. The summed E-state index contributed by atoms with van der Waals surface area (Å²) in [5.74, 6) is 3.31. The van der Waals surface area contributed by atoms with E-state index in [1.807, 2.05) is 20.0 Å². The fraction of sp³-hybridized carbons (Fsp3) is 0.667. The zero-order valence-corrected chi connectivity index (χ0v) is 21.7. The van der Waals surface area contributed by atoms with Crippen LogP contribution in [0, 0.1) is 26.7 Å². The number of aliphatic imine (C=N–C) groups is 1. The van der Waals surface area contributed by atoms with Crippen LogP contribution in [0.1, 0.15) is 47.0 Å². The van der Waals surface area contributed by atoms with Gasteiger partial charge in [-0.2, -0.15) is 0 Å². The van der Waals surface area contributed by atoms with Crippen molar-refractivity contribution < 1.29 is 4.42 Å². The van der Waals surface area contributed by atoms with Crippen LogP contribution in [0.2, 0.25) is 0 Å². The van der Waals surface area contributed by atoms with Crippen LogP contribution >= 0.6 is 35.3 Å². The van der Waals surface area contributed by atoms with E-state index in [1.54, 1.807) is 11.3 Å². The first-order valence-electron chi connectivity index (χ1n) is 10.6. The lowest BCUT2D eigenvalue weighted by Crippen LogP contribution is -2.39. The van der Waals surface area contributed by atoms with E-state index in [1.165, 1.54) is 22.7 Å². The predicted octanol–water partition coefficient (Wildman–Crippen LogP) is 3.68. The predicted molar refractivity (Wildman–Crippen MR) is 134 cm³/mol. The first kappa shape index (κ1) is 25.1. The zero-order chi connectivity index (χ0) is 20.6. The second-order valence-corrected chi connectivity index (χ2v) is 9.05. The summed E-state index contributed by atoms with van der Waals surface area (Å²) in [6.07, 6.45) is 5.21. The molecule has 0 amide bonds. The monoisotopic (exact) mass is 546 g/mol. The number of rotatable bonds is 8. The number of nitrogens with zero attached hydrogens (tertiary/aromatic N) is 4. The summed E-state index contributed by atoms with van der Waals surface area (Å²) in [5.41, 5.74) is 0.998. The summed E-state index contributed by atoms with van der Waals surface area (Å²) >= 11 is 1.76. The van der Waals surface area contributed by atoms with Crippen LogP contribution in [0.25, 0.3) is 0 Å². The molecule has 2 aromatic heterocycles. The molecule has 168 valence electrons. The third-order valence-electron chi connectivity index (χ3n) is 5.29. The van der Waals surface area contributed by atoms with Crippen LogP contribution in [0.4, 0.5) is 0 Å². The molecule has 9 heteroatoms. The van der Waals surface area contributed by atoms with Gasteiger partial charge in [0.05, 0.1) is 17.2 Å². The number of oxazole rings is 1. The average molecular weight is 547 g/mol. The van der Waals surface area contributed by atoms with Crippen LogP contribution < -0.4 is 10.6 Å². The van der Waals surface area contributed by atoms with E-state index >= 15 is 0 Å². The summed E-state index contributed by atoms with van der Waals surface area (Å²) in [6.45, 7) is 13.7. The first-order chi connectivity index (χ1) is 14.0. The molecular formula is C21H35IN6OS. The number of hydrogen-bond acceptors (Lipinski definition) is 6. The smallest absolute Gasteiger partial charge is 0.208 e. The molecule has 1 aliphatic heterocycles. The van der Waals surface area contributed by atoms with Crippen molar-refractivity contribution in [2.45, 2.75) is 53.5 Å². The van der Waals surface area contributed by atoms with Crippen molar-refractivity contribution in [3.8, 4) is 0 Å². The Balaban J connectivity index is 0.00000320. The quantitative estimate of drug-likeness (QED) is 0.299. The van der Waals surface area contributed by atoms with Crippen LogP contribution in [-0.2, 0) is 13.0 Å². The summed E-state index contributed by atoms with van der Waals surface area (Å²) < 4.78 is 5.73. The molecule has 0 atom stereocenters. The van der Waals surface area contributed by atoms with Gasteiger partial charge in [0.15, 0.2) is 5.96 Å². The maximum atomic E-state index is 5.73. The highest BCUT2D eigenvalue weighted by molar-refractivity contribution is 14.0. The molecule has 0 unspecified atom stereocenters. The van der Waals surface area contributed by atoms with E-state index in [2.05, 4.69) is 39.3 Å². The molecule has 3 rings (SSSR count). The lowest BCUT2D eigenvalue weighted by Gasteiger charge is -2.30. The fourth-order valence-corrected chi connectivity index (χ4v) is 4.28. The molecule has 0 aliphatic carbocycles. The van der Waals surface area contributed by atoms with Gasteiger partial charge in [-0.3, -0.25) is 9.89 Å². The number of aromatic nitrogens is 2. The average Bonchev–Trinajstić information content (AvgIpc) is 3.25. The van der Waals surface area contributed by atoms with Crippen molar-refractivity contribution in [2.24, 2.45) is 10.9 Å². The Morgan fingerprint density at radius 2 is 2.03 bits per heavy atom. The number of likely N-dealkylation sites (tertiary alicyclic amines) is 1. The number of piperidine rings is 1. The Bertz CT molecular complexity index is 778. The van der Waals surface area contributed by atoms with Crippen molar-refractivity contribution in [3.63, 3.8) is 0 Å². The zero-order valence-electron chi connectivity index (χ0n) is 18.5. The molecule has 7 nitrogen and oxygen atoms in total. The molecule has 0 saturated carbocycles. The van der Waals surface area contributed by atoms with E-state index in [-0.39, 0.29) is 24.0 Å². The van der Waals surface area contributed by atoms with E-state index < -0.39 is 0 Å². The second-order valence-electron chi connectivity index (χ2n) is 7.73. The second kappa shape index (κ2) is 12.6. The van der Waals surface area contributed by atoms with Gasteiger partial charge in [0.25, 0.3) is 0 Å². The standard InChI is InChI=1S/C21H34N6OS.HI/c1-5-22-21(23-9-6-20-24-12-15(2)29-20)25-13-18-7-10-27(11-8-18)14-19-26-16(3)17(4)28-19;/h12,18H,5-11,13-14H2,1-4H3,(H2,22,23,25);1H. The van der Waals surface area contributed by atoms with Crippen molar-refractivity contribution in [2.75, 3.05) is 32.7 Å². The highest BCUT2D eigenvalue weighted by atomic mass is 127. The summed E-state index contributed by atoms with van der Waals surface area (Å²) in [4.78, 5) is 17.5. The molecule has 30 heavy (non-hydrogen) atoms. The van der Waals surface area contributed by atoms with Gasteiger partial charge in [0, 0.05) is 37.1 Å². The molecule has 0 aromatic carbocycles. The summed E-state index contributed by atoms with van der Waals surface area (Å²) in [5, 5.41) is 7.97. The molecule has 1 aliphatic rings. The van der Waals surface area contributed by atoms with Crippen LogP contribution in [0.15, 0.2) is 15.6 Å². The van der Waals surface area contributed by atoms with Gasteiger partial charge in [-0.1, -0.05) is 0 Å². The topological polar surface area (TPSA) is 78.6 Å². The maximum Gasteiger partial charge on any atom is 0.208 e. The Labute approximate surface area is 201 Å². The molecule has 0 radical (unpaired) electrons. The molecule has 3 heterocycles. The Morgan fingerprint density at radius 1 is 1.27 bits per heavy atom. The van der Waals surface area contributed by atoms with E-state index in [0.29, 0.717) is 5.92 Å². The van der Waals surface area contributed by atoms with Gasteiger partial charge < -0.3 is 15.1 Å². The lowest BCUT2D eigenvalue weighted by molar-refractivity contribution is 0.166. The minimum absolute atomic E-state index is 0. The third-order valence-corrected chi connectivity index (χ3v) is 6.26. The van der Waals surface area contributed by atoms with Gasteiger partial charge in [0.2, 0.25) is 5.89 Å². The Kier molecular flexibility index (Phi) is 10.5. The van der Waals surface area contributed by atoms with Crippen LogP contribution in [0.3, 0.4) is 0 Å². The van der Waals surface area contributed by atoms with Crippen molar-refractivity contribution in [3.05, 3.63) is 33.4 Å². The lowest BCUT2D eigenvalue weighted by atomic mass is 9.97. The van der Waals surface area contributed by atoms with Crippen molar-refractivity contribution >= 4 is 41.3 Å². The minimum atomic E-state index is 0. The first-order valence-corrected chi connectivity index (χ1v) is 11.4. The van der Waals surface area contributed by atoms with Gasteiger partial charge in [0.1, 0.15) is 5.76 Å². The largest absolute Gasteiger partial charge is 0.444 e. The molecule has 1 saturated heterocycles. The van der Waals surface area contributed by atoms with Gasteiger partial charge in [-0.25, -0.2) is 9.97 Å². The maximum absolute atomic E-state index is 5.73. The SMILES string of the molecule is CCNC(=NCC1CCN(Cc2nc(C)c(C)o2)CC1)NCCc1ncc(C)s1.I. The molecule has 0 spiro atoms. The fourth-order valence-electron chi connectivity index (χ4n) is 3.49. The van der Waals surface area contributed by atoms with Crippen molar-refractivity contribution in [1.82, 2.24) is 25.5 Å². The van der Waals surface area contributed by atoms with Gasteiger partial charge >= 0.3 is 0 Å². The highest BCUT2D eigenvalue weighted by Gasteiger charge is 2.21. The number of hydrogen-bond donors (Lipinski definition) is 2. The number of thiazole rings is 1. The van der Waals surface area contributed by atoms with E-state index in [0.717, 1.165) is 69.0 Å². The molecule has 0 bridgehead atoms. The van der Waals surface area contributed by atoms with E-state index in [4.69, 9.17) is 9.41 Å². The van der Waals surface area contributed by atoms with E-state index in [9.17, 15) is 0 Å². The van der Waals surface area contributed by atoms with Crippen molar-refractivity contribution in [1.29, 1.82) is 0 Å². The Hall–Kier alpha value is -1.20. The number of nitrogens with one attached hydrogen (secondary N) is 2. The van der Waals surface area contributed by atoms with Crippen LogP contribution in [0.5, 0.6) is 0 Å².